The third kappa shape index (κ3) is 10.9. The van der Waals surface area contributed by atoms with Crippen LogP contribution in [0.1, 0.15) is 58.9 Å². The first-order valence-electron chi connectivity index (χ1n) is 18.2. The molecule has 0 aliphatic carbocycles. The molecule has 1 aromatic carbocycles. The number of allylic oxidation sites excluding steroid dienone is 3. The van der Waals surface area contributed by atoms with Gasteiger partial charge in [-0.25, -0.2) is 9.59 Å². The van der Waals surface area contributed by atoms with Crippen LogP contribution in [0.25, 0.3) is 0 Å². The molecule has 8 atom stereocenters. The second-order valence-electron chi connectivity index (χ2n) is 14.4. The number of nitrogens with one attached hydrogen (secondary N) is 1. The number of benzene rings is 1. The molecule has 2 saturated heterocycles. The molecule has 1 unspecified atom stereocenters. The maximum atomic E-state index is 14.2. The Morgan fingerprint density at radius 1 is 1.18 bits per heavy atom. The van der Waals surface area contributed by atoms with Gasteiger partial charge < -0.3 is 43.7 Å². The fourth-order valence-corrected chi connectivity index (χ4v) is 9.04. The van der Waals surface area contributed by atoms with Crippen LogP contribution in [-0.4, -0.2) is 127 Å². The largest absolute Gasteiger partial charge is 0.495 e. The fraction of sp³-hybridized carbons (Fsp3) is 0.605. The number of carboxylic acid groups (broad SMARTS) is 1. The molecule has 15 nitrogen and oxygen atoms in total. The van der Waals surface area contributed by atoms with Crippen LogP contribution in [0.15, 0.2) is 35.9 Å². The molecule has 2 fully saturated rings. The average Bonchev–Trinajstić information content (AvgIpc) is 3.84. The number of rotatable bonds is 12. The number of hydrogen-bond donors (Lipinski definition) is 3. The van der Waals surface area contributed by atoms with Crippen molar-refractivity contribution >= 4 is 68.7 Å². The molecule has 3 N–H and O–H groups in total. The highest BCUT2D eigenvalue weighted by Crippen LogP contribution is 2.49. The number of carbonyl (C=O) groups is 5. The molecule has 4 rings (SSSR count). The summed E-state index contributed by atoms with van der Waals surface area (Å²) in [5.41, 5.74) is -1.02. The Morgan fingerprint density at radius 3 is 2.50 bits per heavy atom. The zero-order valence-electron chi connectivity index (χ0n) is 32.9. The minimum atomic E-state index is -1.85. The lowest BCUT2D eigenvalue weighted by Gasteiger charge is -2.42. The van der Waals surface area contributed by atoms with Crippen LogP contribution in [0.2, 0.25) is 5.02 Å². The number of carboxylic acids is 1. The first-order valence-corrected chi connectivity index (χ1v) is 21.0. The predicted molar refractivity (Wildman–Crippen MR) is 213 cm³/mol. The van der Waals surface area contributed by atoms with E-state index in [1.54, 1.807) is 45.2 Å². The maximum Gasteiger partial charge on any atom is 0.409 e. The van der Waals surface area contributed by atoms with Gasteiger partial charge in [-0.05, 0) is 44.9 Å². The highest BCUT2D eigenvalue weighted by Gasteiger charge is 2.64. The van der Waals surface area contributed by atoms with Crippen LogP contribution >= 0.6 is 33.2 Å². The number of halogens is 1. The quantitative estimate of drug-likeness (QED) is 0.113. The van der Waals surface area contributed by atoms with Gasteiger partial charge in [0.15, 0.2) is 5.72 Å². The highest BCUT2D eigenvalue weighted by atomic mass is 35.5. The Balaban J connectivity index is 1.66. The monoisotopic (exact) mass is 841 g/mol. The van der Waals surface area contributed by atoms with E-state index < -0.39 is 71.6 Å². The Kier molecular flexibility index (Phi) is 15.6. The van der Waals surface area contributed by atoms with Crippen LogP contribution in [-0.2, 0) is 44.5 Å². The molecule has 18 heteroatoms. The van der Waals surface area contributed by atoms with Crippen LogP contribution in [0.4, 0.5) is 10.5 Å². The lowest BCUT2D eigenvalue weighted by molar-refractivity contribution is -0.162. The molecule has 0 saturated carbocycles. The number of carbonyl (C=O) groups excluding carboxylic acids is 4. The first-order chi connectivity index (χ1) is 26.3. The van der Waals surface area contributed by atoms with Crippen molar-refractivity contribution in [2.75, 3.05) is 44.7 Å². The van der Waals surface area contributed by atoms with Gasteiger partial charge in [-0.3, -0.25) is 19.7 Å². The third-order valence-electron chi connectivity index (χ3n) is 10.4. The highest BCUT2D eigenvalue weighted by molar-refractivity contribution is 8.76. The average molecular weight is 842 g/mol. The molecule has 1 aromatic rings. The van der Waals surface area contributed by atoms with E-state index in [2.05, 4.69) is 5.32 Å². The number of hydrogen-bond acceptors (Lipinski definition) is 13. The molecule has 3 aliphatic rings. The van der Waals surface area contributed by atoms with Crippen molar-refractivity contribution in [2.45, 2.75) is 102 Å². The number of esters is 1. The van der Waals surface area contributed by atoms with E-state index in [-0.39, 0.29) is 36.6 Å². The predicted octanol–water partition coefficient (Wildman–Crippen LogP) is 4.76. The van der Waals surface area contributed by atoms with Crippen molar-refractivity contribution in [3.63, 3.8) is 0 Å². The zero-order chi connectivity index (χ0) is 41.5. The smallest absolute Gasteiger partial charge is 0.409 e. The number of fused-ring (bicyclic) bond motifs is 5. The lowest BCUT2D eigenvalue weighted by atomic mass is 9.83. The summed E-state index contributed by atoms with van der Waals surface area (Å²) in [5, 5.41) is 23.3. The Labute approximate surface area is 340 Å². The molecule has 3 amide bonds. The molecule has 0 aromatic heterocycles. The molecular formula is C38H52ClN3O12S2. The minimum Gasteiger partial charge on any atom is -0.495 e. The van der Waals surface area contributed by atoms with Gasteiger partial charge >= 0.3 is 18.0 Å². The second kappa shape index (κ2) is 19.3. The topological polar surface area (TPSA) is 194 Å². The van der Waals surface area contributed by atoms with Crippen LogP contribution in [0, 0.1) is 5.92 Å². The van der Waals surface area contributed by atoms with Gasteiger partial charge in [0.1, 0.15) is 40.7 Å². The van der Waals surface area contributed by atoms with Gasteiger partial charge in [-0.15, -0.1) is 0 Å². The maximum absolute atomic E-state index is 14.2. The van der Waals surface area contributed by atoms with E-state index >= 15 is 0 Å². The summed E-state index contributed by atoms with van der Waals surface area (Å²) in [4.78, 5) is 67.2. The number of aliphatic hydroxyl groups is 1. The summed E-state index contributed by atoms with van der Waals surface area (Å²) in [6, 6.07) is 2.51. The van der Waals surface area contributed by atoms with Crippen molar-refractivity contribution in [3.8, 4) is 5.75 Å². The van der Waals surface area contributed by atoms with Crippen molar-refractivity contribution < 1.29 is 57.9 Å². The van der Waals surface area contributed by atoms with Gasteiger partial charge in [0.25, 0.3) is 0 Å². The number of methoxy groups -OCH3 is 2. The summed E-state index contributed by atoms with van der Waals surface area (Å²) >= 11 is 6.76. The van der Waals surface area contributed by atoms with Crippen molar-refractivity contribution in [3.05, 3.63) is 46.5 Å². The Bertz CT molecular complexity index is 1710. The standard InChI is InChI=1S/C38H52ClN3O12S2/c1-21-10-9-11-28(51-8)38(49)20-27(52-36(48)40-38)22(2)34-37(4,54-34)29(19-31(44)42(6)25-17-24(16-21)18-26(50-7)33(25)39)53-35(47)23(3)41(5)30(43)12-14-55-56-15-13-32(45)46/h9-11,17-18,22-23,27-29,34,49H,12-16,19-20H2,1-8H3,(H,40,48)(H,45,46)/b11-9+,21-10+/t22-,23+,27+,28-,29?,34+,37-,38+/m0/s1. The van der Waals surface area contributed by atoms with Crippen molar-refractivity contribution in [1.82, 2.24) is 10.2 Å². The van der Waals surface area contributed by atoms with E-state index in [1.807, 2.05) is 13.0 Å². The molecule has 3 aliphatic heterocycles. The summed E-state index contributed by atoms with van der Waals surface area (Å²) in [6.07, 6.45) is 0.817. The number of amides is 3. The number of epoxide rings is 1. The van der Waals surface area contributed by atoms with Gasteiger partial charge in [0, 0.05) is 51.5 Å². The van der Waals surface area contributed by atoms with Gasteiger partial charge in [0.05, 0.1) is 31.7 Å². The normalized spacial score (nSPS) is 30.1. The van der Waals surface area contributed by atoms with Gasteiger partial charge in [0.2, 0.25) is 11.8 Å². The second-order valence-corrected chi connectivity index (χ2v) is 17.5. The van der Waals surface area contributed by atoms with E-state index in [4.69, 9.17) is 40.4 Å². The van der Waals surface area contributed by atoms with Gasteiger partial charge in [-0.1, -0.05) is 63.9 Å². The first kappa shape index (κ1) is 45.2. The summed E-state index contributed by atoms with van der Waals surface area (Å²) in [6.45, 7) is 6.91. The number of likely N-dealkylation sites (N-methyl/N-ethyl adjacent to an activating group) is 1. The summed E-state index contributed by atoms with van der Waals surface area (Å²) < 4.78 is 29.2. The van der Waals surface area contributed by atoms with E-state index in [9.17, 15) is 29.1 Å². The number of aliphatic carboxylic acids is 1. The van der Waals surface area contributed by atoms with Crippen molar-refractivity contribution in [2.24, 2.45) is 5.92 Å². The number of ether oxygens (including phenoxy) is 5. The summed E-state index contributed by atoms with van der Waals surface area (Å²) in [7, 11) is 8.66. The van der Waals surface area contributed by atoms with Crippen LogP contribution in [0.3, 0.4) is 0 Å². The fourth-order valence-electron chi connectivity index (χ4n) is 6.77. The summed E-state index contributed by atoms with van der Waals surface area (Å²) in [5.74, 6) is -1.84. The molecule has 0 spiro atoms. The third-order valence-corrected chi connectivity index (χ3v) is 13.2. The number of anilines is 1. The molecule has 0 radical (unpaired) electrons. The molecule has 310 valence electrons. The number of nitrogens with zero attached hydrogens (tertiary/aromatic N) is 2. The van der Waals surface area contributed by atoms with Crippen molar-refractivity contribution in [1.29, 1.82) is 0 Å². The Hall–Kier alpha value is -3.48. The van der Waals surface area contributed by atoms with E-state index in [0.717, 1.165) is 11.1 Å². The molecule has 56 heavy (non-hydrogen) atoms. The van der Waals surface area contributed by atoms with E-state index in [0.29, 0.717) is 29.4 Å². The lowest BCUT2D eigenvalue weighted by Crippen LogP contribution is -2.63. The van der Waals surface area contributed by atoms with Crippen LogP contribution in [0.5, 0.6) is 5.75 Å². The van der Waals surface area contributed by atoms with Gasteiger partial charge in [-0.2, -0.15) is 0 Å². The molecular weight excluding hydrogens is 790 g/mol. The van der Waals surface area contributed by atoms with Crippen LogP contribution < -0.4 is 15.0 Å². The molecule has 4 bridgehead atoms. The SMILES string of the molecule is COc1cc2cc(c1Cl)N(C)C(=O)CC(OC(=O)[C@@H](C)N(C)C(=O)CCSSCCC(=O)O)[C@]1(C)O[C@@H]1[C@@H](C)[C@H]1C[C@](O)(NC(=O)O1)[C@@H](OC)/C=C/C=C(\C)C2. The Morgan fingerprint density at radius 2 is 1.86 bits per heavy atom. The minimum absolute atomic E-state index is 0.0120. The number of alkyl carbamates (subject to hydrolysis) is 1. The van der Waals surface area contributed by atoms with E-state index in [1.165, 1.54) is 59.6 Å². The molecule has 3 heterocycles. The zero-order valence-corrected chi connectivity index (χ0v) is 35.3.